The average molecular weight is 313 g/mol. The first-order valence-corrected chi connectivity index (χ1v) is 7.74. The highest BCUT2D eigenvalue weighted by atomic mass is 32.1. The van der Waals surface area contributed by atoms with Crippen LogP contribution in [-0.4, -0.2) is 52.8 Å². The predicted molar refractivity (Wildman–Crippen MR) is 77.1 cm³/mol. The molecule has 0 bridgehead atoms. The zero-order valence-corrected chi connectivity index (χ0v) is 12.6. The van der Waals surface area contributed by atoms with Crippen molar-refractivity contribution < 1.29 is 19.4 Å². The summed E-state index contributed by atoms with van der Waals surface area (Å²) in [5, 5.41) is 14.7. The van der Waals surface area contributed by atoms with Crippen molar-refractivity contribution in [3.8, 4) is 0 Å². The van der Waals surface area contributed by atoms with Crippen molar-refractivity contribution in [1.82, 2.24) is 15.2 Å². The minimum Gasteiger partial charge on any atom is -0.481 e. The Balaban J connectivity index is 1.99. The lowest BCUT2D eigenvalue weighted by Gasteiger charge is -2.30. The highest BCUT2D eigenvalue weighted by Crippen LogP contribution is 2.20. The van der Waals surface area contributed by atoms with E-state index in [1.807, 2.05) is 12.3 Å². The molecule has 116 valence electrons. The van der Waals surface area contributed by atoms with E-state index in [9.17, 15) is 14.7 Å². The van der Waals surface area contributed by atoms with Gasteiger partial charge in [0.15, 0.2) is 0 Å². The van der Waals surface area contributed by atoms with E-state index in [0.717, 1.165) is 11.4 Å². The molecule has 2 amide bonds. The molecule has 1 aliphatic heterocycles. The zero-order valence-electron chi connectivity index (χ0n) is 11.8. The number of rotatable bonds is 6. The summed E-state index contributed by atoms with van der Waals surface area (Å²) in [7, 11) is 0. The van der Waals surface area contributed by atoms with Crippen LogP contribution in [0.15, 0.2) is 11.6 Å². The molecular formula is C13H19N3O4S. The van der Waals surface area contributed by atoms with Crippen LogP contribution in [0.2, 0.25) is 0 Å². The van der Waals surface area contributed by atoms with Crippen LogP contribution >= 0.6 is 11.3 Å². The van der Waals surface area contributed by atoms with Gasteiger partial charge in [-0.3, -0.25) is 4.79 Å². The third-order valence-electron chi connectivity index (χ3n) is 3.37. The van der Waals surface area contributed by atoms with Crippen LogP contribution in [0.1, 0.15) is 18.4 Å². The standard InChI is InChI=1S/C13H19N3O4S/c1-2-4-16(10-8-20-7-9(10)12(17)18)13(19)15-6-11-14-3-5-21-11/h3,5,9-10H,2,4,6-8H2,1H3,(H,15,19)(H,17,18). The van der Waals surface area contributed by atoms with Crippen LogP contribution in [0.4, 0.5) is 4.79 Å². The van der Waals surface area contributed by atoms with Crippen molar-refractivity contribution in [1.29, 1.82) is 0 Å². The van der Waals surface area contributed by atoms with Crippen LogP contribution in [0.25, 0.3) is 0 Å². The highest BCUT2D eigenvalue weighted by molar-refractivity contribution is 7.09. The molecule has 1 aliphatic rings. The van der Waals surface area contributed by atoms with Gasteiger partial charge in [-0.2, -0.15) is 0 Å². The number of carbonyl (C=O) groups excluding carboxylic acids is 1. The van der Waals surface area contributed by atoms with Gasteiger partial charge in [0.25, 0.3) is 0 Å². The number of hydrogen-bond donors (Lipinski definition) is 2. The van der Waals surface area contributed by atoms with Gasteiger partial charge in [-0.15, -0.1) is 11.3 Å². The quantitative estimate of drug-likeness (QED) is 0.822. The monoisotopic (exact) mass is 313 g/mol. The van der Waals surface area contributed by atoms with Crippen molar-refractivity contribution in [3.05, 3.63) is 16.6 Å². The fraction of sp³-hybridized carbons (Fsp3) is 0.615. The SMILES string of the molecule is CCCN(C(=O)NCc1nccs1)C1COCC1C(=O)O. The van der Waals surface area contributed by atoms with E-state index < -0.39 is 17.9 Å². The Morgan fingerprint density at radius 3 is 3.00 bits per heavy atom. The lowest BCUT2D eigenvalue weighted by atomic mass is 10.0. The molecule has 2 unspecified atom stereocenters. The van der Waals surface area contributed by atoms with E-state index >= 15 is 0 Å². The smallest absolute Gasteiger partial charge is 0.318 e. The Morgan fingerprint density at radius 2 is 2.38 bits per heavy atom. The lowest BCUT2D eigenvalue weighted by Crippen LogP contribution is -2.50. The maximum absolute atomic E-state index is 12.3. The number of aromatic nitrogens is 1. The molecule has 0 radical (unpaired) electrons. The summed E-state index contributed by atoms with van der Waals surface area (Å²) < 4.78 is 5.25. The van der Waals surface area contributed by atoms with Crippen molar-refractivity contribution in [2.75, 3.05) is 19.8 Å². The lowest BCUT2D eigenvalue weighted by molar-refractivity contribution is -0.142. The summed E-state index contributed by atoms with van der Waals surface area (Å²) in [6, 6.07) is -0.687. The van der Waals surface area contributed by atoms with E-state index in [1.165, 1.54) is 11.3 Å². The van der Waals surface area contributed by atoms with E-state index in [2.05, 4.69) is 10.3 Å². The van der Waals surface area contributed by atoms with Gasteiger partial charge in [0.2, 0.25) is 0 Å². The number of ether oxygens (including phenoxy) is 1. The number of amides is 2. The first-order valence-electron chi connectivity index (χ1n) is 6.86. The molecule has 2 heterocycles. The van der Waals surface area contributed by atoms with E-state index in [4.69, 9.17) is 4.74 Å². The first-order chi connectivity index (χ1) is 10.1. The van der Waals surface area contributed by atoms with Gasteiger partial charge in [0.05, 0.1) is 25.8 Å². The molecule has 2 atom stereocenters. The summed E-state index contributed by atoms with van der Waals surface area (Å²) in [5.41, 5.74) is 0. The molecule has 7 nitrogen and oxygen atoms in total. The highest BCUT2D eigenvalue weighted by Gasteiger charge is 2.39. The maximum Gasteiger partial charge on any atom is 0.318 e. The number of nitrogens with one attached hydrogen (secondary N) is 1. The van der Waals surface area contributed by atoms with Gasteiger partial charge in [-0.05, 0) is 6.42 Å². The molecule has 2 rings (SSSR count). The van der Waals surface area contributed by atoms with Crippen molar-refractivity contribution in [2.45, 2.75) is 25.9 Å². The largest absolute Gasteiger partial charge is 0.481 e. The minimum atomic E-state index is -0.925. The van der Waals surface area contributed by atoms with Gasteiger partial charge >= 0.3 is 12.0 Å². The topological polar surface area (TPSA) is 91.8 Å². The fourth-order valence-corrected chi connectivity index (χ4v) is 2.89. The molecule has 0 spiro atoms. The van der Waals surface area contributed by atoms with E-state index in [0.29, 0.717) is 13.1 Å². The minimum absolute atomic E-state index is 0.153. The molecule has 1 fully saturated rings. The van der Waals surface area contributed by atoms with Gasteiger partial charge in [0.1, 0.15) is 10.9 Å². The average Bonchev–Trinajstić information content (AvgIpc) is 3.12. The van der Waals surface area contributed by atoms with Crippen LogP contribution < -0.4 is 5.32 Å². The molecule has 0 saturated carbocycles. The maximum atomic E-state index is 12.3. The number of aliphatic carboxylic acids is 1. The molecule has 8 heteroatoms. The Morgan fingerprint density at radius 1 is 1.57 bits per heavy atom. The molecule has 21 heavy (non-hydrogen) atoms. The third-order valence-corrected chi connectivity index (χ3v) is 4.15. The Bertz CT molecular complexity index is 480. The zero-order chi connectivity index (χ0) is 15.2. The molecular weight excluding hydrogens is 294 g/mol. The molecule has 1 aromatic rings. The van der Waals surface area contributed by atoms with Gasteiger partial charge < -0.3 is 20.1 Å². The second-order valence-corrected chi connectivity index (χ2v) is 5.81. The summed E-state index contributed by atoms with van der Waals surface area (Å²) in [6.45, 7) is 3.22. The van der Waals surface area contributed by atoms with Gasteiger partial charge in [0, 0.05) is 18.1 Å². The van der Waals surface area contributed by atoms with Crippen molar-refractivity contribution in [2.24, 2.45) is 5.92 Å². The number of thiazole rings is 1. The number of carboxylic acid groups (broad SMARTS) is 1. The Kier molecular flexibility index (Phi) is 5.51. The Labute approximate surface area is 126 Å². The third kappa shape index (κ3) is 3.92. The predicted octanol–water partition coefficient (Wildman–Crippen LogP) is 1.16. The molecule has 0 aromatic carbocycles. The van der Waals surface area contributed by atoms with Crippen LogP contribution in [0.5, 0.6) is 0 Å². The summed E-state index contributed by atoms with van der Waals surface area (Å²) in [4.78, 5) is 29.2. The summed E-state index contributed by atoms with van der Waals surface area (Å²) in [5.74, 6) is -1.59. The van der Waals surface area contributed by atoms with Gasteiger partial charge in [-0.1, -0.05) is 6.92 Å². The molecule has 2 N–H and O–H groups in total. The number of hydrogen-bond acceptors (Lipinski definition) is 5. The van der Waals surface area contributed by atoms with Crippen LogP contribution in [-0.2, 0) is 16.1 Å². The fourth-order valence-electron chi connectivity index (χ4n) is 2.34. The second kappa shape index (κ2) is 7.37. The first kappa shape index (κ1) is 15.7. The summed E-state index contributed by atoms with van der Waals surface area (Å²) in [6.07, 6.45) is 2.44. The van der Waals surface area contributed by atoms with Crippen molar-refractivity contribution >= 4 is 23.3 Å². The Hall–Kier alpha value is -1.67. The number of carboxylic acids is 1. The second-order valence-electron chi connectivity index (χ2n) is 4.83. The van der Waals surface area contributed by atoms with Crippen LogP contribution in [0.3, 0.4) is 0 Å². The molecule has 0 aliphatic carbocycles. The summed E-state index contributed by atoms with van der Waals surface area (Å²) >= 11 is 1.46. The molecule has 1 saturated heterocycles. The van der Waals surface area contributed by atoms with Crippen LogP contribution in [0, 0.1) is 5.92 Å². The normalized spacial score (nSPS) is 21.2. The van der Waals surface area contributed by atoms with E-state index in [1.54, 1.807) is 11.1 Å². The number of nitrogens with zero attached hydrogens (tertiary/aromatic N) is 2. The molecule has 1 aromatic heterocycles. The number of carbonyl (C=O) groups is 2. The number of urea groups is 1. The van der Waals surface area contributed by atoms with Gasteiger partial charge in [-0.25, -0.2) is 9.78 Å². The van der Waals surface area contributed by atoms with Crippen molar-refractivity contribution in [3.63, 3.8) is 0 Å². The van der Waals surface area contributed by atoms with E-state index in [-0.39, 0.29) is 19.2 Å².